The van der Waals surface area contributed by atoms with E-state index in [1.54, 1.807) is 0 Å². The van der Waals surface area contributed by atoms with Crippen LogP contribution < -0.4 is 10.3 Å². The van der Waals surface area contributed by atoms with Gasteiger partial charge in [0.15, 0.2) is 0 Å². The van der Waals surface area contributed by atoms with Crippen molar-refractivity contribution in [3.63, 3.8) is 0 Å². The van der Waals surface area contributed by atoms with Gasteiger partial charge in [-0.2, -0.15) is 0 Å². The molecule has 0 radical (unpaired) electrons. The van der Waals surface area contributed by atoms with Gasteiger partial charge in [-0.25, -0.2) is 9.97 Å². The molecule has 1 aromatic heterocycles. The van der Waals surface area contributed by atoms with Crippen molar-refractivity contribution in [2.24, 2.45) is 0 Å². The summed E-state index contributed by atoms with van der Waals surface area (Å²) < 4.78 is 0. The van der Waals surface area contributed by atoms with Crippen LogP contribution in [0.5, 0.6) is 0 Å². The summed E-state index contributed by atoms with van der Waals surface area (Å²) >= 11 is 0. The first-order valence-electron chi connectivity index (χ1n) is 8.20. The molecule has 0 saturated heterocycles. The molecule has 1 heterocycles. The number of hydrogen-bond donors (Lipinski definition) is 2. The molecular formula is C19H23N4Si+. The Balaban J connectivity index is 1.99. The van der Waals surface area contributed by atoms with Gasteiger partial charge in [0.2, 0.25) is 0 Å². The topological polar surface area (TPSA) is 49.8 Å². The van der Waals surface area contributed by atoms with E-state index in [-0.39, 0.29) is 6.04 Å². The zero-order valence-electron chi connectivity index (χ0n) is 14.6. The Bertz CT molecular complexity index is 833. The van der Waals surface area contributed by atoms with Gasteiger partial charge in [-0.15, -0.1) is 0 Å². The van der Waals surface area contributed by atoms with E-state index in [0.717, 1.165) is 28.2 Å². The third-order valence-electron chi connectivity index (χ3n) is 3.85. The fourth-order valence-electron chi connectivity index (χ4n) is 2.75. The van der Waals surface area contributed by atoms with Crippen LogP contribution in [0.4, 0.5) is 11.5 Å². The molecule has 0 saturated carbocycles. The van der Waals surface area contributed by atoms with Crippen molar-refractivity contribution in [1.29, 1.82) is 0 Å². The number of anilines is 2. The molecular weight excluding hydrogens is 312 g/mol. The van der Waals surface area contributed by atoms with Crippen LogP contribution in [0.3, 0.4) is 0 Å². The Morgan fingerprint density at radius 3 is 2.46 bits per heavy atom. The van der Waals surface area contributed by atoms with Crippen molar-refractivity contribution in [2.75, 3.05) is 10.3 Å². The van der Waals surface area contributed by atoms with Gasteiger partial charge >= 0.3 is 8.96 Å². The molecule has 5 heteroatoms. The molecule has 122 valence electrons. The van der Waals surface area contributed by atoms with Crippen LogP contribution in [0.1, 0.15) is 24.4 Å². The summed E-state index contributed by atoms with van der Waals surface area (Å²) in [4.78, 5) is 12.8. The zero-order chi connectivity index (χ0) is 17.1. The van der Waals surface area contributed by atoms with Gasteiger partial charge in [0, 0.05) is 11.4 Å². The number of nitrogens with zero attached hydrogens (tertiary/aromatic N) is 2. The van der Waals surface area contributed by atoms with Crippen LogP contribution in [-0.2, 0) is 0 Å². The fraction of sp³-hybridized carbons (Fsp3) is 0.263. The first kappa shape index (κ1) is 16.5. The molecule has 0 bridgehead atoms. The maximum absolute atomic E-state index is 4.65. The SMILES string of the molecule is Cc1nc(N[C@H](C)c2ccccc2)c2cc(N[Si+](C)C)ccc2n1. The van der Waals surface area contributed by atoms with Crippen LogP contribution in [0.2, 0.25) is 13.1 Å². The average molecular weight is 336 g/mol. The molecule has 24 heavy (non-hydrogen) atoms. The van der Waals surface area contributed by atoms with E-state index in [2.05, 4.69) is 82.7 Å². The van der Waals surface area contributed by atoms with E-state index in [9.17, 15) is 0 Å². The lowest BCUT2D eigenvalue weighted by atomic mass is 10.1. The third-order valence-corrected chi connectivity index (χ3v) is 4.64. The summed E-state index contributed by atoms with van der Waals surface area (Å²) in [5.41, 5.74) is 3.34. The van der Waals surface area contributed by atoms with Gasteiger partial charge in [-0.3, -0.25) is 4.98 Å². The van der Waals surface area contributed by atoms with Crippen LogP contribution in [0, 0.1) is 6.92 Å². The summed E-state index contributed by atoms with van der Waals surface area (Å²) in [6, 6.07) is 16.9. The Labute approximate surface area is 145 Å². The molecule has 2 N–H and O–H groups in total. The molecule has 0 aliphatic carbocycles. The quantitative estimate of drug-likeness (QED) is 0.659. The Kier molecular flexibility index (Phi) is 4.80. The Hall–Kier alpha value is -2.40. The van der Waals surface area contributed by atoms with E-state index < -0.39 is 8.96 Å². The lowest BCUT2D eigenvalue weighted by Crippen LogP contribution is -2.15. The molecule has 0 spiro atoms. The van der Waals surface area contributed by atoms with E-state index in [1.807, 2.05) is 13.0 Å². The highest BCUT2D eigenvalue weighted by molar-refractivity contribution is 6.59. The second kappa shape index (κ2) is 7.01. The van der Waals surface area contributed by atoms with Crippen molar-refractivity contribution >= 4 is 31.4 Å². The third kappa shape index (κ3) is 3.74. The predicted octanol–water partition coefficient (Wildman–Crippen LogP) is 4.77. The number of fused-ring (bicyclic) bond motifs is 1. The summed E-state index contributed by atoms with van der Waals surface area (Å²) in [6.45, 7) is 8.55. The van der Waals surface area contributed by atoms with Crippen molar-refractivity contribution in [1.82, 2.24) is 9.97 Å². The number of aromatic nitrogens is 2. The summed E-state index contributed by atoms with van der Waals surface area (Å²) in [5, 5.41) is 4.60. The lowest BCUT2D eigenvalue weighted by molar-refractivity contribution is 0.872. The maximum atomic E-state index is 4.65. The van der Waals surface area contributed by atoms with E-state index >= 15 is 0 Å². The number of rotatable bonds is 5. The fourth-order valence-corrected chi connectivity index (χ4v) is 3.48. The molecule has 3 aromatic rings. The number of hydrogen-bond acceptors (Lipinski definition) is 4. The molecule has 0 aliphatic rings. The summed E-state index contributed by atoms with van der Waals surface area (Å²) in [5.74, 6) is 1.67. The van der Waals surface area contributed by atoms with Crippen LogP contribution >= 0.6 is 0 Å². The molecule has 0 fully saturated rings. The molecule has 0 amide bonds. The van der Waals surface area contributed by atoms with Gasteiger partial charge < -0.3 is 5.32 Å². The van der Waals surface area contributed by atoms with Crippen molar-refractivity contribution in [3.8, 4) is 0 Å². The van der Waals surface area contributed by atoms with Crippen LogP contribution in [0.15, 0.2) is 48.5 Å². The molecule has 0 unspecified atom stereocenters. The Morgan fingerprint density at radius 1 is 1.00 bits per heavy atom. The van der Waals surface area contributed by atoms with Gasteiger partial charge in [0.1, 0.15) is 11.6 Å². The zero-order valence-corrected chi connectivity index (χ0v) is 15.6. The van der Waals surface area contributed by atoms with Crippen LogP contribution in [0.25, 0.3) is 10.9 Å². The highest BCUT2D eigenvalue weighted by atomic mass is 28.3. The first-order chi connectivity index (χ1) is 11.5. The highest BCUT2D eigenvalue weighted by Gasteiger charge is 2.14. The van der Waals surface area contributed by atoms with Crippen molar-refractivity contribution in [3.05, 3.63) is 59.9 Å². The van der Waals surface area contributed by atoms with Crippen LogP contribution in [-0.4, -0.2) is 18.9 Å². The average Bonchev–Trinajstić information content (AvgIpc) is 2.55. The predicted molar refractivity (Wildman–Crippen MR) is 104 cm³/mol. The minimum absolute atomic E-state index is 0.178. The van der Waals surface area contributed by atoms with Gasteiger partial charge in [-0.05, 0) is 37.6 Å². The highest BCUT2D eigenvalue weighted by Crippen LogP contribution is 2.27. The standard InChI is InChI=1S/C19H23N4Si/c1-13(15-8-6-5-7-9-15)20-19-17-12-16(23-24(3)4)10-11-18(17)21-14(2)22-19/h5-13,23H,1-4H3,(H,20,21,22)/q+1/t13-/m1/s1. The molecule has 3 rings (SSSR count). The van der Waals surface area contributed by atoms with Crippen molar-refractivity contribution < 1.29 is 0 Å². The summed E-state index contributed by atoms with van der Waals surface area (Å²) in [6.07, 6.45) is 0. The normalized spacial score (nSPS) is 12.0. The minimum Gasteiger partial charge on any atom is -0.363 e. The van der Waals surface area contributed by atoms with E-state index in [4.69, 9.17) is 0 Å². The second-order valence-corrected chi connectivity index (χ2v) is 8.50. The minimum atomic E-state index is -0.552. The lowest BCUT2D eigenvalue weighted by Gasteiger charge is -2.17. The summed E-state index contributed by atoms with van der Waals surface area (Å²) in [7, 11) is -0.552. The smallest absolute Gasteiger partial charge is 0.363 e. The second-order valence-electron chi connectivity index (χ2n) is 6.25. The van der Waals surface area contributed by atoms with Gasteiger partial charge in [-0.1, -0.05) is 30.3 Å². The molecule has 0 aliphatic heterocycles. The number of nitrogens with one attached hydrogen (secondary N) is 2. The number of aryl methyl sites for hydroxylation is 1. The molecule has 2 aromatic carbocycles. The Morgan fingerprint density at radius 2 is 1.75 bits per heavy atom. The van der Waals surface area contributed by atoms with Gasteiger partial charge in [0.25, 0.3) is 0 Å². The molecule has 4 nitrogen and oxygen atoms in total. The van der Waals surface area contributed by atoms with Gasteiger partial charge in [0.05, 0.1) is 24.3 Å². The monoisotopic (exact) mass is 335 g/mol. The van der Waals surface area contributed by atoms with Crippen molar-refractivity contribution in [2.45, 2.75) is 33.0 Å². The van der Waals surface area contributed by atoms with E-state index in [1.165, 1.54) is 5.56 Å². The van der Waals surface area contributed by atoms with E-state index in [0.29, 0.717) is 0 Å². The number of benzene rings is 2. The largest absolute Gasteiger partial charge is 0.422 e. The first-order valence-corrected chi connectivity index (χ1v) is 10.7. The maximum Gasteiger partial charge on any atom is 0.422 e. The molecule has 1 atom stereocenters.